The summed E-state index contributed by atoms with van der Waals surface area (Å²) in [6.45, 7) is 2.12. The summed E-state index contributed by atoms with van der Waals surface area (Å²) in [6, 6.07) is 9.31. The van der Waals surface area contributed by atoms with E-state index in [1.165, 1.54) is 40.7 Å². The Kier molecular flexibility index (Phi) is 5.94. The molecule has 0 unspecified atom stereocenters. The van der Waals surface area contributed by atoms with Gasteiger partial charge >= 0.3 is 5.97 Å². The van der Waals surface area contributed by atoms with Crippen LogP contribution in [0.3, 0.4) is 0 Å². The Hall–Kier alpha value is -2.58. The van der Waals surface area contributed by atoms with Crippen LogP contribution in [0.2, 0.25) is 0 Å². The van der Waals surface area contributed by atoms with Gasteiger partial charge in [-0.25, -0.2) is 26.6 Å². The number of nitrogens with zero attached hydrogens (tertiary/aromatic N) is 3. The van der Waals surface area contributed by atoms with Crippen molar-refractivity contribution in [3.05, 3.63) is 48.0 Å². The van der Waals surface area contributed by atoms with Gasteiger partial charge in [0.05, 0.1) is 25.6 Å². The van der Waals surface area contributed by atoms with E-state index < -0.39 is 26.0 Å². The fraction of sp³-hybridized carbons (Fsp3) is 0.263. The van der Waals surface area contributed by atoms with Gasteiger partial charge in [0.2, 0.25) is 10.0 Å². The molecular weight excluding hydrogens is 476 g/mol. The highest BCUT2D eigenvalue weighted by molar-refractivity contribution is 7.93. The normalized spacial score (nSPS) is 16.3. The largest absolute Gasteiger partial charge is 0.478 e. The van der Waals surface area contributed by atoms with Crippen LogP contribution in [0.25, 0.3) is 10.2 Å². The van der Waals surface area contributed by atoms with Gasteiger partial charge in [-0.05, 0) is 49.5 Å². The average molecular weight is 497 g/mol. The first-order chi connectivity index (χ1) is 15.1. The van der Waals surface area contributed by atoms with Gasteiger partial charge < -0.3 is 10.0 Å². The molecule has 0 saturated carbocycles. The van der Waals surface area contributed by atoms with E-state index in [0.717, 1.165) is 11.3 Å². The summed E-state index contributed by atoms with van der Waals surface area (Å²) >= 11 is 1.02. The fourth-order valence-electron chi connectivity index (χ4n) is 3.24. The monoisotopic (exact) mass is 496 g/mol. The second-order valence-electron chi connectivity index (χ2n) is 7.29. The topological polar surface area (TPSA) is 137 Å². The van der Waals surface area contributed by atoms with Crippen molar-refractivity contribution in [3.8, 4) is 0 Å². The Bertz CT molecular complexity index is 1380. The summed E-state index contributed by atoms with van der Waals surface area (Å²) in [5, 5.41) is 9.03. The zero-order valence-corrected chi connectivity index (χ0v) is 19.4. The van der Waals surface area contributed by atoms with Gasteiger partial charge in [-0.1, -0.05) is 11.3 Å². The summed E-state index contributed by atoms with van der Waals surface area (Å²) in [4.78, 5) is 17.3. The SMILES string of the molecule is CN1CCN(S(=O)(=O)c2ccc3nc(NS(=O)(=O)c4ccc(C(=O)O)cc4)sc3c2)CC1. The molecule has 0 amide bonds. The average Bonchev–Trinajstić information content (AvgIpc) is 3.14. The molecule has 1 saturated heterocycles. The highest BCUT2D eigenvalue weighted by atomic mass is 32.2. The molecular formula is C19H20N4O6S3. The quantitative estimate of drug-likeness (QED) is 0.526. The molecule has 170 valence electrons. The van der Waals surface area contributed by atoms with Gasteiger partial charge in [0, 0.05) is 26.2 Å². The molecule has 1 aliphatic heterocycles. The first-order valence-corrected chi connectivity index (χ1v) is 13.3. The van der Waals surface area contributed by atoms with E-state index in [0.29, 0.717) is 36.4 Å². The third-order valence-electron chi connectivity index (χ3n) is 5.09. The number of nitrogens with one attached hydrogen (secondary N) is 1. The van der Waals surface area contributed by atoms with Crippen molar-refractivity contribution < 1.29 is 26.7 Å². The summed E-state index contributed by atoms with van der Waals surface area (Å²) in [5.74, 6) is -1.16. The molecule has 4 rings (SSSR count). The van der Waals surface area contributed by atoms with Gasteiger partial charge in [-0.15, -0.1) is 0 Å². The molecule has 32 heavy (non-hydrogen) atoms. The van der Waals surface area contributed by atoms with Crippen molar-refractivity contribution in [2.45, 2.75) is 9.79 Å². The zero-order chi connectivity index (χ0) is 23.1. The van der Waals surface area contributed by atoms with Crippen molar-refractivity contribution in [2.24, 2.45) is 0 Å². The minimum Gasteiger partial charge on any atom is -0.478 e. The summed E-state index contributed by atoms with van der Waals surface area (Å²) in [7, 11) is -5.71. The molecule has 0 atom stereocenters. The standard InChI is InChI=1S/C19H20N4O6S3/c1-22-8-10-23(11-9-22)32(28,29)15-6-7-16-17(12-15)30-19(20-16)21-31(26,27)14-4-2-13(3-5-14)18(24)25/h2-7,12H,8-11H2,1H3,(H,20,21)(H,24,25). The van der Waals surface area contributed by atoms with Crippen LogP contribution in [0.5, 0.6) is 0 Å². The van der Waals surface area contributed by atoms with Gasteiger partial charge in [0.25, 0.3) is 10.0 Å². The third-order valence-corrected chi connectivity index (χ3v) is 9.41. The lowest BCUT2D eigenvalue weighted by atomic mass is 10.2. The number of hydrogen-bond donors (Lipinski definition) is 2. The van der Waals surface area contributed by atoms with Gasteiger partial charge in [-0.3, -0.25) is 4.72 Å². The number of sulfonamides is 2. The molecule has 2 heterocycles. The summed E-state index contributed by atoms with van der Waals surface area (Å²) in [5.41, 5.74) is 0.435. The number of anilines is 1. The Morgan fingerprint density at radius 2 is 1.62 bits per heavy atom. The van der Waals surface area contributed by atoms with E-state index in [1.807, 2.05) is 7.05 Å². The molecule has 13 heteroatoms. The third kappa shape index (κ3) is 4.47. The molecule has 0 radical (unpaired) electrons. The first kappa shape index (κ1) is 22.6. The molecule has 3 aromatic rings. The van der Waals surface area contributed by atoms with Crippen LogP contribution in [0.4, 0.5) is 5.13 Å². The van der Waals surface area contributed by atoms with Crippen LogP contribution < -0.4 is 4.72 Å². The number of hydrogen-bond acceptors (Lipinski definition) is 8. The van der Waals surface area contributed by atoms with Gasteiger partial charge in [0.15, 0.2) is 5.13 Å². The Labute approximate surface area is 189 Å². The number of thiazole rings is 1. The maximum Gasteiger partial charge on any atom is 0.335 e. The number of carboxylic acid groups (broad SMARTS) is 1. The molecule has 1 aliphatic rings. The van der Waals surface area contributed by atoms with E-state index in [1.54, 1.807) is 6.07 Å². The number of carbonyl (C=O) groups is 1. The molecule has 1 aromatic heterocycles. The maximum atomic E-state index is 13.0. The second-order valence-corrected chi connectivity index (χ2v) is 11.9. The van der Waals surface area contributed by atoms with Crippen LogP contribution in [0, 0.1) is 0 Å². The molecule has 1 fully saturated rings. The van der Waals surface area contributed by atoms with Crippen LogP contribution in [0.15, 0.2) is 52.3 Å². The number of carboxylic acids is 1. The molecule has 2 N–H and O–H groups in total. The number of benzene rings is 2. The number of likely N-dealkylation sites (N-methyl/N-ethyl adjacent to an activating group) is 1. The van der Waals surface area contributed by atoms with Gasteiger partial charge in [-0.2, -0.15) is 4.31 Å². The van der Waals surface area contributed by atoms with Crippen molar-refractivity contribution in [3.63, 3.8) is 0 Å². The van der Waals surface area contributed by atoms with E-state index in [4.69, 9.17) is 5.11 Å². The minimum atomic E-state index is -3.99. The maximum absolute atomic E-state index is 13.0. The van der Waals surface area contributed by atoms with E-state index in [-0.39, 0.29) is 20.5 Å². The molecule has 0 aliphatic carbocycles. The smallest absolute Gasteiger partial charge is 0.335 e. The van der Waals surface area contributed by atoms with E-state index >= 15 is 0 Å². The summed E-state index contributed by atoms with van der Waals surface area (Å²) in [6.07, 6.45) is 0. The number of rotatable bonds is 6. The lowest BCUT2D eigenvalue weighted by Crippen LogP contribution is -2.46. The Balaban J connectivity index is 1.58. The van der Waals surface area contributed by atoms with Crippen LogP contribution in [-0.2, 0) is 20.0 Å². The van der Waals surface area contributed by atoms with E-state index in [2.05, 4.69) is 14.6 Å². The lowest BCUT2D eigenvalue weighted by Gasteiger charge is -2.31. The van der Waals surface area contributed by atoms with E-state index in [9.17, 15) is 21.6 Å². The molecule has 0 spiro atoms. The number of aromatic carboxylic acids is 1. The molecule has 10 nitrogen and oxygen atoms in total. The van der Waals surface area contributed by atoms with Crippen LogP contribution in [-0.4, -0.2) is 75.3 Å². The number of aromatic nitrogens is 1. The summed E-state index contributed by atoms with van der Waals surface area (Å²) < 4.78 is 55.5. The molecule has 2 aromatic carbocycles. The van der Waals surface area contributed by atoms with Crippen molar-refractivity contribution in [1.29, 1.82) is 0 Å². The fourth-order valence-corrected chi connectivity index (χ4v) is 6.90. The highest BCUT2D eigenvalue weighted by Gasteiger charge is 2.28. The predicted molar refractivity (Wildman–Crippen MR) is 120 cm³/mol. The van der Waals surface area contributed by atoms with Crippen molar-refractivity contribution in [2.75, 3.05) is 37.9 Å². The van der Waals surface area contributed by atoms with Crippen LogP contribution >= 0.6 is 11.3 Å². The zero-order valence-electron chi connectivity index (χ0n) is 16.9. The molecule has 0 bridgehead atoms. The Morgan fingerprint density at radius 1 is 1.00 bits per heavy atom. The van der Waals surface area contributed by atoms with Gasteiger partial charge in [0.1, 0.15) is 0 Å². The lowest BCUT2D eigenvalue weighted by molar-refractivity contribution is 0.0696. The predicted octanol–water partition coefficient (Wildman–Crippen LogP) is 1.73. The second kappa shape index (κ2) is 8.41. The van der Waals surface area contributed by atoms with Crippen LogP contribution in [0.1, 0.15) is 10.4 Å². The minimum absolute atomic E-state index is 0.0296. The number of piperazine rings is 1. The number of fused-ring (bicyclic) bond motifs is 1. The van der Waals surface area contributed by atoms with Crippen molar-refractivity contribution in [1.82, 2.24) is 14.2 Å². The highest BCUT2D eigenvalue weighted by Crippen LogP contribution is 2.30. The first-order valence-electron chi connectivity index (χ1n) is 9.52. The van der Waals surface area contributed by atoms with Crippen molar-refractivity contribution >= 4 is 52.7 Å². The Morgan fingerprint density at radius 3 is 2.25 bits per heavy atom.